The number of alkyl halides is 4. The molecule has 27 heavy (non-hydrogen) atoms. The van der Waals surface area contributed by atoms with Crippen LogP contribution in [0.4, 0.5) is 18.9 Å². The molecule has 1 aromatic carbocycles. The smallest absolute Gasteiger partial charge is 0.423 e. The van der Waals surface area contributed by atoms with Crippen molar-refractivity contribution in [3.63, 3.8) is 0 Å². The van der Waals surface area contributed by atoms with E-state index in [1.807, 2.05) is 0 Å². The SMILES string of the molecule is CCOC(=O)CBr.CCOC(=O)COc1ccc([N+](=O)[O-])c(C(F)(F)F)c1. The minimum atomic E-state index is -4.90. The highest BCUT2D eigenvalue weighted by molar-refractivity contribution is 9.09. The molecular formula is C15H17BrF3NO7. The van der Waals surface area contributed by atoms with Gasteiger partial charge in [0.1, 0.15) is 16.6 Å². The summed E-state index contributed by atoms with van der Waals surface area (Å²) in [6.07, 6.45) is -4.90. The summed E-state index contributed by atoms with van der Waals surface area (Å²) in [7, 11) is 0. The number of benzene rings is 1. The Labute approximate surface area is 160 Å². The topological polar surface area (TPSA) is 105 Å². The Kier molecular flexibility index (Phi) is 11.0. The quantitative estimate of drug-likeness (QED) is 0.266. The second-order valence-corrected chi connectivity index (χ2v) is 5.03. The first-order chi connectivity index (χ1) is 12.6. The molecule has 0 saturated carbocycles. The third kappa shape index (κ3) is 9.78. The van der Waals surface area contributed by atoms with Crippen molar-refractivity contribution < 1.29 is 41.9 Å². The van der Waals surface area contributed by atoms with Crippen LogP contribution < -0.4 is 4.74 Å². The lowest BCUT2D eigenvalue weighted by Crippen LogP contribution is -2.15. The summed E-state index contributed by atoms with van der Waals surface area (Å²) < 4.78 is 51.8. The third-order valence-electron chi connectivity index (χ3n) is 2.55. The Balaban J connectivity index is 0.000000821. The van der Waals surface area contributed by atoms with Gasteiger partial charge in [0.2, 0.25) is 0 Å². The Hall–Kier alpha value is -2.37. The van der Waals surface area contributed by atoms with Crippen molar-refractivity contribution in [3.8, 4) is 5.75 Å². The van der Waals surface area contributed by atoms with Crippen LogP contribution in [0.2, 0.25) is 0 Å². The molecule has 1 aromatic rings. The van der Waals surface area contributed by atoms with Crippen molar-refractivity contribution in [2.75, 3.05) is 25.2 Å². The summed E-state index contributed by atoms with van der Waals surface area (Å²) in [6, 6.07) is 2.12. The predicted molar refractivity (Wildman–Crippen MR) is 90.7 cm³/mol. The summed E-state index contributed by atoms with van der Waals surface area (Å²) in [6.45, 7) is 3.33. The van der Waals surface area contributed by atoms with Gasteiger partial charge in [-0.1, -0.05) is 15.9 Å². The van der Waals surface area contributed by atoms with Crippen molar-refractivity contribution in [2.45, 2.75) is 20.0 Å². The van der Waals surface area contributed by atoms with Crippen molar-refractivity contribution >= 4 is 33.6 Å². The zero-order chi connectivity index (χ0) is 21.0. The average Bonchev–Trinajstić information content (AvgIpc) is 2.60. The Morgan fingerprint density at radius 1 is 1.15 bits per heavy atom. The number of carbonyl (C=O) groups excluding carboxylic acids is 2. The Morgan fingerprint density at radius 2 is 1.70 bits per heavy atom. The number of nitro groups is 1. The van der Waals surface area contributed by atoms with Crippen molar-refractivity contribution in [3.05, 3.63) is 33.9 Å². The van der Waals surface area contributed by atoms with Gasteiger partial charge >= 0.3 is 18.1 Å². The van der Waals surface area contributed by atoms with E-state index in [0.717, 1.165) is 6.07 Å². The van der Waals surface area contributed by atoms with Gasteiger partial charge in [0, 0.05) is 6.07 Å². The molecule has 0 aliphatic rings. The molecular weight excluding hydrogens is 443 g/mol. The number of ether oxygens (including phenoxy) is 3. The number of carbonyl (C=O) groups is 2. The molecule has 0 fully saturated rings. The second-order valence-electron chi connectivity index (χ2n) is 4.47. The third-order valence-corrected chi connectivity index (χ3v) is 3.00. The molecule has 0 saturated heterocycles. The molecule has 0 aromatic heterocycles. The van der Waals surface area contributed by atoms with Gasteiger partial charge in [-0.2, -0.15) is 13.2 Å². The van der Waals surface area contributed by atoms with E-state index in [4.69, 9.17) is 4.74 Å². The highest BCUT2D eigenvalue weighted by atomic mass is 79.9. The van der Waals surface area contributed by atoms with Gasteiger partial charge in [0.05, 0.1) is 18.1 Å². The molecule has 152 valence electrons. The van der Waals surface area contributed by atoms with Gasteiger partial charge in [-0.05, 0) is 26.0 Å². The lowest BCUT2D eigenvalue weighted by molar-refractivity contribution is -0.388. The number of hydrogen-bond acceptors (Lipinski definition) is 7. The van der Waals surface area contributed by atoms with Gasteiger partial charge in [-0.15, -0.1) is 0 Å². The van der Waals surface area contributed by atoms with Crippen LogP contribution in [-0.4, -0.2) is 42.0 Å². The highest BCUT2D eigenvalue weighted by Crippen LogP contribution is 2.38. The maximum atomic E-state index is 12.7. The van der Waals surface area contributed by atoms with Gasteiger partial charge in [0.15, 0.2) is 6.61 Å². The van der Waals surface area contributed by atoms with Crippen LogP contribution in [0.1, 0.15) is 19.4 Å². The van der Waals surface area contributed by atoms with E-state index in [2.05, 4.69) is 25.4 Å². The number of hydrogen-bond donors (Lipinski definition) is 0. The van der Waals surface area contributed by atoms with Crippen LogP contribution in [0.3, 0.4) is 0 Å². The standard InChI is InChI=1S/C11H10F3NO5.C4H7BrO2/c1-2-19-10(16)6-20-7-3-4-9(15(17)18)8(5-7)11(12,13)14;1-2-7-4(6)3-5/h3-5H,2,6H2,1H3;2-3H2,1H3. The zero-order valence-electron chi connectivity index (χ0n) is 14.4. The number of halogens is 4. The maximum Gasteiger partial charge on any atom is 0.423 e. The van der Waals surface area contributed by atoms with Gasteiger partial charge < -0.3 is 14.2 Å². The molecule has 0 heterocycles. The number of esters is 2. The van der Waals surface area contributed by atoms with Crippen molar-refractivity contribution in [1.82, 2.24) is 0 Å². The molecule has 0 radical (unpaired) electrons. The summed E-state index contributed by atoms with van der Waals surface area (Å²) in [5, 5.41) is 10.8. The normalized spacial score (nSPS) is 10.3. The minimum absolute atomic E-state index is 0.107. The molecule has 0 spiro atoms. The van der Waals surface area contributed by atoms with E-state index >= 15 is 0 Å². The van der Waals surface area contributed by atoms with Gasteiger partial charge in [-0.25, -0.2) is 4.79 Å². The van der Waals surface area contributed by atoms with Crippen molar-refractivity contribution in [1.29, 1.82) is 0 Å². The molecule has 0 atom stereocenters. The summed E-state index contributed by atoms with van der Waals surface area (Å²) in [5.74, 6) is -1.27. The molecule has 0 amide bonds. The minimum Gasteiger partial charge on any atom is -0.482 e. The highest BCUT2D eigenvalue weighted by Gasteiger charge is 2.38. The summed E-state index contributed by atoms with van der Waals surface area (Å²) >= 11 is 2.94. The van der Waals surface area contributed by atoms with E-state index < -0.39 is 34.9 Å². The van der Waals surface area contributed by atoms with E-state index in [9.17, 15) is 32.9 Å². The molecule has 0 bridgehead atoms. The zero-order valence-corrected chi connectivity index (χ0v) is 16.0. The van der Waals surface area contributed by atoms with Crippen molar-refractivity contribution in [2.24, 2.45) is 0 Å². The fourth-order valence-corrected chi connectivity index (χ4v) is 1.70. The van der Waals surface area contributed by atoms with Gasteiger partial charge in [0.25, 0.3) is 5.69 Å². The van der Waals surface area contributed by atoms with Gasteiger partial charge in [-0.3, -0.25) is 14.9 Å². The average molecular weight is 460 g/mol. The van der Waals surface area contributed by atoms with Crippen LogP contribution >= 0.6 is 15.9 Å². The molecule has 1 rings (SSSR count). The lowest BCUT2D eigenvalue weighted by Gasteiger charge is -2.10. The van der Waals surface area contributed by atoms with Crippen LogP contribution in [-0.2, 0) is 25.2 Å². The number of rotatable bonds is 7. The van der Waals surface area contributed by atoms with E-state index in [-0.39, 0.29) is 18.3 Å². The molecule has 0 N–H and O–H groups in total. The number of nitro benzene ring substituents is 1. The summed E-state index contributed by atoms with van der Waals surface area (Å²) in [5.41, 5.74) is -2.52. The summed E-state index contributed by atoms with van der Waals surface area (Å²) in [4.78, 5) is 30.5. The molecule has 12 heteroatoms. The first-order valence-electron chi connectivity index (χ1n) is 7.42. The fraction of sp³-hybridized carbons (Fsp3) is 0.467. The first kappa shape index (κ1) is 24.6. The molecule has 0 aliphatic heterocycles. The van der Waals surface area contributed by atoms with Crippen LogP contribution in [0.15, 0.2) is 18.2 Å². The van der Waals surface area contributed by atoms with E-state index in [1.54, 1.807) is 13.8 Å². The van der Waals surface area contributed by atoms with E-state index in [1.165, 1.54) is 0 Å². The first-order valence-corrected chi connectivity index (χ1v) is 8.54. The lowest BCUT2D eigenvalue weighted by atomic mass is 10.1. The molecule has 8 nitrogen and oxygen atoms in total. The monoisotopic (exact) mass is 459 g/mol. The molecule has 0 aliphatic carbocycles. The van der Waals surface area contributed by atoms with E-state index in [0.29, 0.717) is 24.1 Å². The second kappa shape index (κ2) is 12.1. The number of nitrogens with zero attached hydrogens (tertiary/aromatic N) is 1. The van der Waals surface area contributed by atoms with Crippen LogP contribution in [0.5, 0.6) is 5.75 Å². The molecule has 0 unspecified atom stereocenters. The largest absolute Gasteiger partial charge is 0.482 e. The Bertz CT molecular complexity index is 653. The van der Waals surface area contributed by atoms with Crippen LogP contribution in [0.25, 0.3) is 0 Å². The Morgan fingerprint density at radius 3 is 2.11 bits per heavy atom. The van der Waals surface area contributed by atoms with Crippen LogP contribution in [0, 0.1) is 10.1 Å². The predicted octanol–water partition coefficient (Wildman–Crippen LogP) is 3.50. The maximum absolute atomic E-state index is 12.7. The fourth-order valence-electron chi connectivity index (χ4n) is 1.54.